The number of carbonyl (C=O) groups is 2. The van der Waals surface area contributed by atoms with Gasteiger partial charge in [-0.15, -0.1) is 0 Å². The first-order chi connectivity index (χ1) is 7.67. The highest BCUT2D eigenvalue weighted by molar-refractivity contribution is 5.79. The molecular weight excluding hydrogens is 222 g/mol. The molecule has 0 aromatic heterocycles. The topological polar surface area (TPSA) is 75.6 Å². The average Bonchev–Trinajstić information content (AvgIpc) is 1.93. The van der Waals surface area contributed by atoms with Gasteiger partial charge in [-0.1, -0.05) is 0 Å². The first-order valence-electron chi connectivity index (χ1n) is 5.87. The van der Waals surface area contributed by atoms with Crippen LogP contribution in [-0.2, 0) is 9.53 Å². The minimum absolute atomic E-state index is 0.0231. The number of amides is 1. The van der Waals surface area contributed by atoms with Gasteiger partial charge in [0.05, 0.1) is 5.41 Å². The van der Waals surface area contributed by atoms with Gasteiger partial charge in [0, 0.05) is 6.54 Å². The number of aliphatic carboxylic acids is 1. The third-order valence-corrected chi connectivity index (χ3v) is 3.60. The second-order valence-corrected chi connectivity index (χ2v) is 6.47. The van der Waals surface area contributed by atoms with Gasteiger partial charge in [-0.05, 0) is 45.4 Å². The number of ether oxygens (including phenoxy) is 1. The molecule has 0 aromatic carbocycles. The van der Waals surface area contributed by atoms with Crippen LogP contribution in [0.4, 0.5) is 4.79 Å². The molecule has 0 aliphatic heterocycles. The lowest BCUT2D eigenvalue weighted by Gasteiger charge is -2.68. The summed E-state index contributed by atoms with van der Waals surface area (Å²) in [7, 11) is 0. The van der Waals surface area contributed by atoms with E-state index >= 15 is 0 Å². The van der Waals surface area contributed by atoms with Crippen molar-refractivity contribution in [1.82, 2.24) is 5.32 Å². The predicted molar refractivity (Wildman–Crippen MR) is 60.6 cm³/mol. The molecule has 0 aromatic rings. The largest absolute Gasteiger partial charge is 0.481 e. The van der Waals surface area contributed by atoms with E-state index in [1.54, 1.807) is 0 Å². The number of nitrogens with one attached hydrogen (secondary N) is 1. The van der Waals surface area contributed by atoms with E-state index < -0.39 is 23.1 Å². The number of alkyl carbamates (subject to hydrolysis) is 1. The maximum Gasteiger partial charge on any atom is 0.407 e. The molecule has 3 aliphatic rings. The first kappa shape index (κ1) is 12.2. The second-order valence-electron chi connectivity index (χ2n) is 6.47. The van der Waals surface area contributed by atoms with Crippen LogP contribution in [0, 0.1) is 10.8 Å². The van der Waals surface area contributed by atoms with Gasteiger partial charge in [-0.2, -0.15) is 0 Å². The zero-order valence-electron chi connectivity index (χ0n) is 10.5. The zero-order valence-corrected chi connectivity index (χ0v) is 10.5. The van der Waals surface area contributed by atoms with Crippen molar-refractivity contribution in [2.75, 3.05) is 6.54 Å². The van der Waals surface area contributed by atoms with E-state index in [1.165, 1.54) is 0 Å². The van der Waals surface area contributed by atoms with Crippen LogP contribution < -0.4 is 5.32 Å². The van der Waals surface area contributed by atoms with Crippen molar-refractivity contribution in [3.63, 3.8) is 0 Å². The summed E-state index contributed by atoms with van der Waals surface area (Å²) in [5.41, 5.74) is -0.948. The SMILES string of the molecule is CC(C)(C)OC(=O)NCC12CC(C(=O)O)(C1)C2. The van der Waals surface area contributed by atoms with E-state index in [0.29, 0.717) is 25.8 Å². The number of carboxylic acid groups (broad SMARTS) is 1. The van der Waals surface area contributed by atoms with E-state index in [2.05, 4.69) is 5.32 Å². The predicted octanol–water partition coefficient (Wildman–Crippen LogP) is 1.77. The normalized spacial score (nSPS) is 34.3. The van der Waals surface area contributed by atoms with Crippen LogP contribution in [0.25, 0.3) is 0 Å². The Morgan fingerprint density at radius 2 is 1.82 bits per heavy atom. The monoisotopic (exact) mass is 241 g/mol. The molecule has 0 heterocycles. The maximum absolute atomic E-state index is 11.4. The third kappa shape index (κ3) is 2.10. The Kier molecular flexibility index (Phi) is 2.42. The molecule has 3 rings (SSSR count). The van der Waals surface area contributed by atoms with Crippen molar-refractivity contribution in [2.45, 2.75) is 45.6 Å². The van der Waals surface area contributed by atoms with Gasteiger partial charge in [0.2, 0.25) is 0 Å². The van der Waals surface area contributed by atoms with Gasteiger partial charge < -0.3 is 15.2 Å². The van der Waals surface area contributed by atoms with Crippen LogP contribution in [0.2, 0.25) is 0 Å². The molecule has 2 N–H and O–H groups in total. The van der Waals surface area contributed by atoms with E-state index in [-0.39, 0.29) is 5.41 Å². The summed E-state index contributed by atoms with van der Waals surface area (Å²) in [6, 6.07) is 0. The molecule has 1 amide bonds. The molecule has 3 aliphatic carbocycles. The molecule has 3 fully saturated rings. The summed E-state index contributed by atoms with van der Waals surface area (Å²) in [5, 5.41) is 11.7. The van der Waals surface area contributed by atoms with E-state index in [9.17, 15) is 9.59 Å². The summed E-state index contributed by atoms with van der Waals surface area (Å²) in [6.45, 7) is 5.96. The highest BCUT2D eigenvalue weighted by Gasteiger charge is 2.71. The van der Waals surface area contributed by atoms with Crippen molar-refractivity contribution >= 4 is 12.1 Å². The third-order valence-electron chi connectivity index (χ3n) is 3.60. The number of carbonyl (C=O) groups excluding carboxylic acids is 1. The zero-order chi connectivity index (χ0) is 12.9. The lowest BCUT2D eigenvalue weighted by Crippen LogP contribution is -2.68. The molecule has 17 heavy (non-hydrogen) atoms. The Hall–Kier alpha value is -1.26. The van der Waals surface area contributed by atoms with Crippen LogP contribution >= 0.6 is 0 Å². The fraction of sp³-hybridized carbons (Fsp3) is 0.833. The molecule has 3 saturated carbocycles. The Labute approximate surface area is 101 Å². The van der Waals surface area contributed by atoms with Crippen LogP contribution in [-0.4, -0.2) is 29.3 Å². The highest BCUT2D eigenvalue weighted by Crippen LogP contribution is 2.73. The minimum atomic E-state index is -0.698. The van der Waals surface area contributed by atoms with Gasteiger partial charge >= 0.3 is 12.1 Å². The minimum Gasteiger partial charge on any atom is -0.481 e. The average molecular weight is 241 g/mol. The fourth-order valence-electron chi connectivity index (χ4n) is 2.99. The number of hydrogen-bond acceptors (Lipinski definition) is 3. The Morgan fingerprint density at radius 3 is 2.24 bits per heavy atom. The van der Waals surface area contributed by atoms with Gasteiger partial charge in [0.1, 0.15) is 5.60 Å². The Morgan fingerprint density at radius 1 is 1.29 bits per heavy atom. The van der Waals surface area contributed by atoms with E-state index in [1.807, 2.05) is 20.8 Å². The van der Waals surface area contributed by atoms with Crippen molar-refractivity contribution in [2.24, 2.45) is 10.8 Å². The van der Waals surface area contributed by atoms with Crippen LogP contribution in [0.1, 0.15) is 40.0 Å². The van der Waals surface area contributed by atoms with Gasteiger partial charge in [-0.3, -0.25) is 4.79 Å². The molecular formula is C12H19NO4. The summed E-state index contributed by atoms with van der Waals surface area (Å²) in [4.78, 5) is 22.3. The van der Waals surface area contributed by atoms with Crippen LogP contribution in [0.5, 0.6) is 0 Å². The fourth-order valence-corrected chi connectivity index (χ4v) is 2.99. The first-order valence-corrected chi connectivity index (χ1v) is 5.87. The molecule has 2 bridgehead atoms. The lowest BCUT2D eigenvalue weighted by atomic mass is 9.35. The smallest absolute Gasteiger partial charge is 0.407 e. The van der Waals surface area contributed by atoms with Crippen molar-refractivity contribution in [3.8, 4) is 0 Å². The molecule has 0 saturated heterocycles. The molecule has 5 nitrogen and oxygen atoms in total. The van der Waals surface area contributed by atoms with E-state index in [4.69, 9.17) is 9.84 Å². The summed E-state index contributed by atoms with van der Waals surface area (Å²) < 4.78 is 5.13. The quantitative estimate of drug-likeness (QED) is 0.789. The van der Waals surface area contributed by atoms with Gasteiger partial charge in [-0.25, -0.2) is 4.79 Å². The van der Waals surface area contributed by atoms with E-state index in [0.717, 1.165) is 0 Å². The number of hydrogen-bond donors (Lipinski definition) is 2. The molecule has 0 radical (unpaired) electrons. The summed E-state index contributed by atoms with van der Waals surface area (Å²) >= 11 is 0. The summed E-state index contributed by atoms with van der Waals surface area (Å²) in [6.07, 6.45) is 1.63. The highest BCUT2D eigenvalue weighted by atomic mass is 16.6. The number of rotatable bonds is 3. The number of carboxylic acids is 1. The maximum atomic E-state index is 11.4. The lowest BCUT2D eigenvalue weighted by molar-refractivity contribution is -0.220. The molecule has 0 spiro atoms. The van der Waals surface area contributed by atoms with Crippen LogP contribution in [0.3, 0.4) is 0 Å². The summed E-state index contributed by atoms with van der Waals surface area (Å²) in [5.74, 6) is -0.698. The van der Waals surface area contributed by atoms with Crippen LogP contribution in [0.15, 0.2) is 0 Å². The second kappa shape index (κ2) is 3.37. The molecule has 5 heteroatoms. The molecule has 0 atom stereocenters. The van der Waals surface area contributed by atoms with Crippen molar-refractivity contribution in [3.05, 3.63) is 0 Å². The standard InChI is InChI=1S/C12H19NO4/c1-10(2,3)17-9(16)13-7-11-4-12(5-11,6-11)8(14)15/h4-7H2,1-3H3,(H,13,16)(H,14,15). The van der Waals surface area contributed by atoms with Gasteiger partial charge in [0.15, 0.2) is 0 Å². The Bertz CT molecular complexity index is 349. The van der Waals surface area contributed by atoms with Crippen molar-refractivity contribution in [1.29, 1.82) is 0 Å². The van der Waals surface area contributed by atoms with Crippen molar-refractivity contribution < 1.29 is 19.4 Å². The molecule has 0 unspecified atom stereocenters. The Balaban J connectivity index is 1.72. The molecule has 96 valence electrons. The van der Waals surface area contributed by atoms with Gasteiger partial charge in [0.25, 0.3) is 0 Å².